The van der Waals surface area contributed by atoms with Gasteiger partial charge in [-0.05, 0) is 56.3 Å². The van der Waals surface area contributed by atoms with E-state index in [9.17, 15) is 4.79 Å². The maximum absolute atomic E-state index is 12.6. The van der Waals surface area contributed by atoms with Crippen LogP contribution in [0.4, 0.5) is 0 Å². The summed E-state index contributed by atoms with van der Waals surface area (Å²) in [6.45, 7) is 3.63. The van der Waals surface area contributed by atoms with Crippen LogP contribution in [0, 0.1) is 0 Å². The van der Waals surface area contributed by atoms with Gasteiger partial charge in [0.25, 0.3) is 5.91 Å². The van der Waals surface area contributed by atoms with Crippen molar-refractivity contribution in [2.75, 3.05) is 32.8 Å². The van der Waals surface area contributed by atoms with E-state index in [4.69, 9.17) is 13.9 Å². The van der Waals surface area contributed by atoms with Crippen molar-refractivity contribution in [2.24, 2.45) is 0 Å². The van der Waals surface area contributed by atoms with E-state index in [0.29, 0.717) is 36.8 Å². The minimum absolute atomic E-state index is 0.0682. The summed E-state index contributed by atoms with van der Waals surface area (Å²) in [7, 11) is 0. The van der Waals surface area contributed by atoms with E-state index < -0.39 is 0 Å². The summed E-state index contributed by atoms with van der Waals surface area (Å²) in [5, 5.41) is 3.03. The zero-order valence-electron chi connectivity index (χ0n) is 14.1. The molecule has 6 nitrogen and oxygen atoms in total. The van der Waals surface area contributed by atoms with Crippen LogP contribution in [0.15, 0.2) is 41.0 Å². The SMILES string of the molecule is O=C(NCC(c1ccco1)N1CCCC1)c1ccc2c(c1)OCCO2. The topological polar surface area (TPSA) is 63.9 Å². The van der Waals surface area contributed by atoms with Gasteiger partial charge in [0, 0.05) is 12.1 Å². The first-order valence-electron chi connectivity index (χ1n) is 8.76. The molecule has 1 fully saturated rings. The second kappa shape index (κ2) is 7.19. The van der Waals surface area contributed by atoms with Gasteiger partial charge in [0.05, 0.1) is 12.3 Å². The molecule has 1 aromatic heterocycles. The highest BCUT2D eigenvalue weighted by Crippen LogP contribution is 2.31. The average Bonchev–Trinajstić information content (AvgIpc) is 3.36. The van der Waals surface area contributed by atoms with Crippen molar-refractivity contribution in [3.05, 3.63) is 47.9 Å². The molecule has 1 unspecified atom stereocenters. The summed E-state index contributed by atoms with van der Waals surface area (Å²) in [6.07, 6.45) is 4.06. The van der Waals surface area contributed by atoms with Crippen LogP contribution >= 0.6 is 0 Å². The van der Waals surface area contributed by atoms with Crippen molar-refractivity contribution in [1.82, 2.24) is 10.2 Å². The predicted molar refractivity (Wildman–Crippen MR) is 92.0 cm³/mol. The molecule has 0 spiro atoms. The smallest absolute Gasteiger partial charge is 0.251 e. The number of nitrogens with one attached hydrogen (secondary N) is 1. The Labute approximate surface area is 146 Å². The van der Waals surface area contributed by atoms with E-state index in [1.165, 1.54) is 12.8 Å². The maximum atomic E-state index is 12.6. The molecule has 6 heteroatoms. The number of benzene rings is 1. The Kier molecular flexibility index (Phi) is 4.61. The van der Waals surface area contributed by atoms with E-state index in [1.807, 2.05) is 12.1 Å². The summed E-state index contributed by atoms with van der Waals surface area (Å²) in [4.78, 5) is 14.9. The van der Waals surface area contributed by atoms with E-state index in [2.05, 4.69) is 10.2 Å². The molecule has 1 saturated heterocycles. The first-order chi connectivity index (χ1) is 12.3. The Hall–Kier alpha value is -2.47. The lowest BCUT2D eigenvalue weighted by Crippen LogP contribution is -2.36. The van der Waals surface area contributed by atoms with E-state index in [-0.39, 0.29) is 11.9 Å². The minimum Gasteiger partial charge on any atom is -0.486 e. The van der Waals surface area contributed by atoms with Crippen molar-refractivity contribution in [3.8, 4) is 11.5 Å². The summed E-state index contributed by atoms with van der Waals surface area (Å²) in [5.74, 6) is 2.09. The van der Waals surface area contributed by atoms with Crippen molar-refractivity contribution in [2.45, 2.75) is 18.9 Å². The molecule has 1 N–H and O–H groups in total. The Morgan fingerprint density at radius 1 is 1.12 bits per heavy atom. The number of rotatable bonds is 5. The molecule has 0 bridgehead atoms. The summed E-state index contributed by atoms with van der Waals surface area (Å²) in [5.41, 5.74) is 0.573. The van der Waals surface area contributed by atoms with Crippen LogP contribution in [-0.2, 0) is 0 Å². The van der Waals surface area contributed by atoms with Crippen LogP contribution in [0.1, 0.15) is 35.0 Å². The number of nitrogens with zero attached hydrogens (tertiary/aromatic N) is 1. The molecular weight excluding hydrogens is 320 g/mol. The van der Waals surface area contributed by atoms with Gasteiger partial charge in [-0.2, -0.15) is 0 Å². The molecule has 2 aliphatic rings. The zero-order valence-corrected chi connectivity index (χ0v) is 14.1. The molecular formula is C19H22N2O4. The Morgan fingerprint density at radius 2 is 1.92 bits per heavy atom. The van der Waals surface area contributed by atoms with Gasteiger partial charge in [0.1, 0.15) is 19.0 Å². The Bertz CT molecular complexity index is 723. The number of hydrogen-bond donors (Lipinski definition) is 1. The van der Waals surface area contributed by atoms with Gasteiger partial charge in [0.15, 0.2) is 11.5 Å². The lowest BCUT2D eigenvalue weighted by Gasteiger charge is -2.26. The molecule has 0 radical (unpaired) electrons. The van der Waals surface area contributed by atoms with Gasteiger partial charge >= 0.3 is 0 Å². The number of ether oxygens (including phenoxy) is 2. The molecule has 0 saturated carbocycles. The van der Waals surface area contributed by atoms with Crippen molar-refractivity contribution < 1.29 is 18.7 Å². The van der Waals surface area contributed by atoms with Crippen LogP contribution in [-0.4, -0.2) is 43.7 Å². The number of hydrogen-bond acceptors (Lipinski definition) is 5. The molecule has 3 heterocycles. The first-order valence-corrected chi connectivity index (χ1v) is 8.76. The van der Waals surface area contributed by atoms with Crippen molar-refractivity contribution in [1.29, 1.82) is 0 Å². The van der Waals surface area contributed by atoms with Gasteiger partial charge in [-0.25, -0.2) is 0 Å². The van der Waals surface area contributed by atoms with Crippen molar-refractivity contribution in [3.63, 3.8) is 0 Å². The van der Waals surface area contributed by atoms with E-state index >= 15 is 0 Å². The summed E-state index contributed by atoms with van der Waals surface area (Å²) >= 11 is 0. The van der Waals surface area contributed by atoms with Gasteiger partial charge in [-0.1, -0.05) is 0 Å². The number of carbonyl (C=O) groups excluding carboxylic acids is 1. The van der Waals surface area contributed by atoms with Crippen LogP contribution in [0.25, 0.3) is 0 Å². The van der Waals surface area contributed by atoms with E-state index in [0.717, 1.165) is 18.8 Å². The van der Waals surface area contributed by atoms with Gasteiger partial charge < -0.3 is 19.2 Å². The first kappa shape index (κ1) is 16.0. The largest absolute Gasteiger partial charge is 0.486 e. The molecule has 2 aliphatic heterocycles. The summed E-state index contributed by atoms with van der Waals surface area (Å²) < 4.78 is 16.6. The quantitative estimate of drug-likeness (QED) is 0.905. The number of likely N-dealkylation sites (tertiary alicyclic amines) is 1. The summed E-state index contributed by atoms with van der Waals surface area (Å²) in [6, 6.07) is 9.22. The maximum Gasteiger partial charge on any atom is 0.251 e. The molecule has 1 amide bonds. The monoisotopic (exact) mass is 342 g/mol. The second-order valence-electron chi connectivity index (χ2n) is 6.34. The highest BCUT2D eigenvalue weighted by molar-refractivity contribution is 5.94. The number of furan rings is 1. The average molecular weight is 342 g/mol. The number of carbonyl (C=O) groups is 1. The molecule has 1 atom stereocenters. The zero-order chi connectivity index (χ0) is 17.1. The molecule has 132 valence electrons. The molecule has 25 heavy (non-hydrogen) atoms. The number of fused-ring (bicyclic) bond motifs is 1. The normalized spacial score (nSPS) is 18.1. The third-order valence-corrected chi connectivity index (χ3v) is 4.71. The third kappa shape index (κ3) is 3.49. The fraction of sp³-hybridized carbons (Fsp3) is 0.421. The Morgan fingerprint density at radius 3 is 2.68 bits per heavy atom. The van der Waals surface area contributed by atoms with Crippen molar-refractivity contribution >= 4 is 5.91 Å². The fourth-order valence-electron chi connectivity index (χ4n) is 3.42. The van der Waals surface area contributed by atoms with Gasteiger partial charge in [0.2, 0.25) is 0 Å². The lowest BCUT2D eigenvalue weighted by atomic mass is 10.1. The third-order valence-electron chi connectivity index (χ3n) is 4.71. The molecule has 0 aliphatic carbocycles. The van der Waals surface area contributed by atoms with Crippen LogP contribution in [0.5, 0.6) is 11.5 Å². The highest BCUT2D eigenvalue weighted by Gasteiger charge is 2.26. The minimum atomic E-state index is -0.118. The molecule has 2 aromatic rings. The second-order valence-corrected chi connectivity index (χ2v) is 6.34. The van der Waals surface area contributed by atoms with Gasteiger partial charge in [-0.15, -0.1) is 0 Å². The fourth-order valence-corrected chi connectivity index (χ4v) is 3.42. The van der Waals surface area contributed by atoms with Gasteiger partial charge in [-0.3, -0.25) is 9.69 Å². The Balaban J connectivity index is 1.44. The predicted octanol–water partition coefficient (Wildman–Crippen LogP) is 2.62. The standard InChI is InChI=1S/C19H22N2O4/c22-19(14-5-6-17-18(12-14)25-11-10-24-17)20-13-15(16-4-3-9-23-16)21-7-1-2-8-21/h3-6,9,12,15H,1-2,7-8,10-11,13H2,(H,20,22). The van der Waals surface area contributed by atoms with E-state index in [1.54, 1.807) is 24.5 Å². The number of amides is 1. The lowest BCUT2D eigenvalue weighted by molar-refractivity contribution is 0.0932. The highest BCUT2D eigenvalue weighted by atomic mass is 16.6. The van der Waals surface area contributed by atoms with Crippen LogP contribution in [0.2, 0.25) is 0 Å². The van der Waals surface area contributed by atoms with Crippen LogP contribution < -0.4 is 14.8 Å². The molecule has 1 aromatic carbocycles. The molecule has 4 rings (SSSR count). The van der Waals surface area contributed by atoms with Crippen LogP contribution in [0.3, 0.4) is 0 Å².